The zero-order valence-electron chi connectivity index (χ0n) is 33.1. The number of hydrogen-bond donors (Lipinski definition) is 3. The maximum absolute atomic E-state index is 14.5. The van der Waals surface area contributed by atoms with Crippen molar-refractivity contribution in [3.8, 4) is 0 Å². The number of rotatable bonds is 7. The summed E-state index contributed by atoms with van der Waals surface area (Å²) in [5.41, 5.74) is -0.285. The smallest absolute Gasteiger partial charge is 0.410 e. The van der Waals surface area contributed by atoms with E-state index in [9.17, 15) is 32.4 Å². The van der Waals surface area contributed by atoms with Gasteiger partial charge in [-0.1, -0.05) is 72.6 Å². The maximum atomic E-state index is 14.5. The highest BCUT2D eigenvalue weighted by atomic mass is 32.2. The van der Waals surface area contributed by atoms with Gasteiger partial charge in [0.15, 0.2) is 0 Å². The van der Waals surface area contributed by atoms with E-state index in [-0.39, 0.29) is 37.3 Å². The third kappa shape index (κ3) is 9.22. The predicted octanol–water partition coefficient (Wildman–Crippen LogP) is 4.22. The molecule has 16 heteroatoms. The van der Waals surface area contributed by atoms with Gasteiger partial charge in [-0.3, -0.25) is 19.3 Å². The second-order valence-corrected chi connectivity index (χ2v) is 19.5. The number of amides is 5. The Bertz CT molecular complexity index is 1820. The van der Waals surface area contributed by atoms with Gasteiger partial charge >= 0.3 is 22.5 Å². The molecule has 0 spiro atoms. The number of cyclic esters (lactones) is 1. The normalized spacial score (nSPS) is 29.4. The molecule has 3 N–H and O–H groups in total. The molecule has 1 aromatic rings. The summed E-state index contributed by atoms with van der Waals surface area (Å²) in [5, 5.41) is 5.53. The number of fused-ring (bicyclic) bond motifs is 3. The Morgan fingerprint density at radius 1 is 1.04 bits per heavy atom. The van der Waals surface area contributed by atoms with Crippen molar-refractivity contribution < 1.29 is 46.0 Å². The van der Waals surface area contributed by atoms with Gasteiger partial charge in [-0.25, -0.2) is 18.5 Å². The van der Waals surface area contributed by atoms with Crippen LogP contribution in [-0.4, -0.2) is 90.6 Å². The Balaban J connectivity index is 1.27. The van der Waals surface area contributed by atoms with Crippen molar-refractivity contribution in [2.45, 2.75) is 149 Å². The first-order chi connectivity index (χ1) is 25.6. The van der Waals surface area contributed by atoms with Crippen LogP contribution in [0.25, 0.3) is 0 Å². The topological polar surface area (TPSA) is 190 Å². The van der Waals surface area contributed by atoms with Gasteiger partial charge in [0.05, 0.1) is 18.8 Å². The molecule has 1 aromatic carbocycles. The Morgan fingerprint density at radius 2 is 1.75 bits per heavy atom. The van der Waals surface area contributed by atoms with Crippen LogP contribution in [0.15, 0.2) is 18.2 Å². The fourth-order valence-corrected chi connectivity index (χ4v) is 9.18. The minimum Gasteiger partial charge on any atom is -0.449 e. The molecule has 2 saturated carbocycles. The molecule has 3 heterocycles. The average molecular weight is 788 g/mol. The van der Waals surface area contributed by atoms with Gasteiger partial charge in [0.1, 0.15) is 23.7 Å². The summed E-state index contributed by atoms with van der Waals surface area (Å²) < 4.78 is 44.4. The number of aryl methyl sites for hydroxylation is 1. The Kier molecular flexibility index (Phi) is 11.0. The first-order valence-corrected chi connectivity index (χ1v) is 20.9. The molecule has 0 radical (unpaired) electrons. The second kappa shape index (κ2) is 14.9. The molecular weight excluding hydrogens is 731 g/mol. The van der Waals surface area contributed by atoms with Crippen LogP contribution in [0.1, 0.15) is 117 Å². The molecule has 15 nitrogen and oxygen atoms in total. The fourth-order valence-electron chi connectivity index (χ4n) is 8.04. The molecule has 304 valence electrons. The van der Waals surface area contributed by atoms with Crippen molar-refractivity contribution in [3.63, 3.8) is 0 Å². The quantitative estimate of drug-likeness (QED) is 0.361. The van der Waals surface area contributed by atoms with E-state index in [1.807, 2.05) is 37.6 Å². The highest BCUT2D eigenvalue weighted by Gasteiger charge is 2.62. The van der Waals surface area contributed by atoms with E-state index in [2.05, 4.69) is 16.7 Å². The molecule has 2 aliphatic carbocycles. The molecule has 6 rings (SSSR count). The number of hydrogen-bond acceptors (Lipinski definition) is 10. The van der Waals surface area contributed by atoms with Crippen molar-refractivity contribution in [1.29, 1.82) is 0 Å². The van der Waals surface area contributed by atoms with Crippen LogP contribution in [0.4, 0.5) is 9.59 Å². The van der Waals surface area contributed by atoms with E-state index in [0.29, 0.717) is 32.4 Å². The molecule has 5 atom stereocenters. The van der Waals surface area contributed by atoms with Crippen LogP contribution in [0, 0.1) is 16.7 Å². The lowest BCUT2D eigenvalue weighted by Gasteiger charge is -2.35. The summed E-state index contributed by atoms with van der Waals surface area (Å²) in [7, 11) is -4.47. The minimum absolute atomic E-state index is 0.0842. The van der Waals surface area contributed by atoms with E-state index in [1.54, 1.807) is 32.6 Å². The standard InChI is InChI=1S/C39H57N5O10S/c1-8-26-19-39(26,33(47)42-55(50,51)54-38(7)16-17-38)41-31(45)29-18-27-21-44(29)32(46)30(36(2,3)4)40-34(48)52-23-37(5,6)15-10-9-12-24-13-11-14-25-20-43(22-28(24)25)35(49)53-27/h11,13-14,26-27,29-30H,8-10,12,15-23H2,1-7H3,(H,40,48)(H,41,45)(H,42,47)/t26-,27-,29+,30-,39-/m1/s1. The van der Waals surface area contributed by atoms with Crippen molar-refractivity contribution in [2.24, 2.45) is 16.7 Å². The Labute approximate surface area is 324 Å². The van der Waals surface area contributed by atoms with Crippen LogP contribution in [0.5, 0.6) is 0 Å². The molecular formula is C39H57N5O10S. The molecule has 1 saturated heterocycles. The van der Waals surface area contributed by atoms with Crippen molar-refractivity contribution in [2.75, 3.05) is 13.2 Å². The SMILES string of the molecule is CC[C@@H]1C[C@]1(NC(=O)[C@@H]1C[C@@H]2CN1C(=O)[C@H](C(C)(C)C)NC(=O)OCC(C)(C)CCCCc1cccc3c1CN(C3)C(=O)O2)C(=O)NS(=O)(=O)OC1(C)CC1. The summed E-state index contributed by atoms with van der Waals surface area (Å²) in [4.78, 5) is 72.3. The van der Waals surface area contributed by atoms with E-state index in [0.717, 1.165) is 36.8 Å². The molecule has 5 aliphatic rings. The van der Waals surface area contributed by atoms with Gasteiger partial charge < -0.3 is 25.0 Å². The monoisotopic (exact) mass is 787 g/mol. The van der Waals surface area contributed by atoms with Crippen molar-refractivity contribution in [3.05, 3.63) is 34.9 Å². The molecule has 4 bridgehead atoms. The molecule has 3 fully saturated rings. The summed E-state index contributed by atoms with van der Waals surface area (Å²) in [6.45, 7) is 13.6. The minimum atomic E-state index is -4.47. The van der Waals surface area contributed by atoms with Crippen molar-refractivity contribution >= 4 is 40.2 Å². The molecule has 55 heavy (non-hydrogen) atoms. The molecule has 0 aromatic heterocycles. The number of nitrogens with one attached hydrogen (secondary N) is 3. The van der Waals surface area contributed by atoms with Gasteiger partial charge in [-0.05, 0) is 78.9 Å². The summed E-state index contributed by atoms with van der Waals surface area (Å²) >= 11 is 0. The highest BCUT2D eigenvalue weighted by Crippen LogP contribution is 2.47. The van der Waals surface area contributed by atoms with Gasteiger partial charge in [-0.15, -0.1) is 0 Å². The lowest BCUT2D eigenvalue weighted by molar-refractivity contribution is -0.143. The predicted molar refractivity (Wildman–Crippen MR) is 200 cm³/mol. The molecule has 5 amide bonds. The van der Waals surface area contributed by atoms with Gasteiger partial charge in [-0.2, -0.15) is 8.42 Å². The largest absolute Gasteiger partial charge is 0.449 e. The van der Waals surface area contributed by atoms with Gasteiger partial charge in [0.2, 0.25) is 11.8 Å². The van der Waals surface area contributed by atoms with Crippen LogP contribution in [-0.2, 0) is 57.9 Å². The van der Waals surface area contributed by atoms with E-state index >= 15 is 0 Å². The van der Waals surface area contributed by atoms with Crippen LogP contribution >= 0.6 is 0 Å². The number of alkyl carbamates (subject to hydrolysis) is 1. The van der Waals surface area contributed by atoms with Crippen molar-refractivity contribution in [1.82, 2.24) is 25.2 Å². The first-order valence-electron chi connectivity index (χ1n) is 19.5. The molecule has 0 unspecified atom stereocenters. The second-order valence-electron chi connectivity index (χ2n) is 18.2. The summed E-state index contributed by atoms with van der Waals surface area (Å²) in [6, 6.07) is 3.73. The number of nitrogens with zero attached hydrogens (tertiary/aromatic N) is 2. The van der Waals surface area contributed by atoms with Crippen LogP contribution < -0.4 is 15.4 Å². The average Bonchev–Trinajstić information content (AvgIpc) is 3.86. The number of benzene rings is 1. The number of carbonyl (C=O) groups is 5. The van der Waals surface area contributed by atoms with E-state index in [1.165, 1.54) is 10.5 Å². The zero-order chi connectivity index (χ0) is 40.1. The third-order valence-corrected chi connectivity index (χ3v) is 12.9. The zero-order valence-corrected chi connectivity index (χ0v) is 33.9. The first kappa shape index (κ1) is 40.7. The third-order valence-electron chi connectivity index (χ3n) is 11.8. The summed E-state index contributed by atoms with van der Waals surface area (Å²) in [5.74, 6) is -2.60. The highest BCUT2D eigenvalue weighted by molar-refractivity contribution is 7.85. The lowest BCUT2D eigenvalue weighted by Crippen LogP contribution is -2.60. The van der Waals surface area contributed by atoms with Gasteiger partial charge in [0.25, 0.3) is 5.91 Å². The van der Waals surface area contributed by atoms with Crippen LogP contribution in [0.2, 0.25) is 0 Å². The number of carbonyl (C=O) groups excluding carboxylic acids is 5. The van der Waals surface area contributed by atoms with E-state index < -0.39 is 75.0 Å². The van der Waals surface area contributed by atoms with Gasteiger partial charge in [0, 0.05) is 19.5 Å². The van der Waals surface area contributed by atoms with E-state index in [4.69, 9.17) is 13.7 Å². The fraction of sp³-hybridized carbons (Fsp3) is 0.718. The lowest BCUT2D eigenvalue weighted by atomic mass is 9.85. The maximum Gasteiger partial charge on any atom is 0.410 e. The Hall–Kier alpha value is -3.92. The summed E-state index contributed by atoms with van der Waals surface area (Å²) in [6.07, 6.45) is 2.84. The van der Waals surface area contributed by atoms with Crippen LogP contribution in [0.3, 0.4) is 0 Å². The Morgan fingerprint density at radius 3 is 2.40 bits per heavy atom. The number of ether oxygens (including phenoxy) is 2. The molecule has 3 aliphatic heterocycles.